The number of carbonyl (C=O) groups is 1. The van der Waals surface area contributed by atoms with E-state index >= 15 is 0 Å². The molecule has 0 fully saturated rings. The third kappa shape index (κ3) is 5.90. The normalized spacial score (nSPS) is 11.6. The van der Waals surface area contributed by atoms with E-state index in [4.69, 9.17) is 23.2 Å². The minimum Gasteiger partial charge on any atom is -0.325 e. The number of sulfonamides is 1. The molecule has 0 saturated carbocycles. The van der Waals surface area contributed by atoms with E-state index in [-0.39, 0.29) is 18.0 Å². The number of aryl methyl sites for hydroxylation is 3. The second-order valence-corrected chi connectivity index (χ2v) is 10.4. The predicted octanol–water partition coefficient (Wildman–Crippen LogP) is 5.75. The third-order valence-corrected chi connectivity index (χ3v) is 7.52. The maximum absolute atomic E-state index is 13.7. The Labute approximate surface area is 199 Å². The summed E-state index contributed by atoms with van der Waals surface area (Å²) in [6.07, 6.45) is 0. The summed E-state index contributed by atoms with van der Waals surface area (Å²) >= 11 is 11.9. The first-order valence-electron chi connectivity index (χ1n) is 9.94. The van der Waals surface area contributed by atoms with Crippen LogP contribution in [0, 0.1) is 20.8 Å². The van der Waals surface area contributed by atoms with E-state index in [2.05, 4.69) is 5.32 Å². The standard InChI is InChI=1S/C24H24Cl2N2O3S/c1-16-12-17(2)24(18(3)13-16)32(30,31)28(14-19-4-6-20(25)7-5-19)15-23(29)27-22-10-8-21(26)9-11-22/h4-13H,14-15H2,1-3H3,(H,27,29). The van der Waals surface area contributed by atoms with Gasteiger partial charge in [0.2, 0.25) is 15.9 Å². The van der Waals surface area contributed by atoms with Crippen LogP contribution in [0.2, 0.25) is 10.0 Å². The second-order valence-electron chi connectivity index (χ2n) is 7.68. The van der Waals surface area contributed by atoms with Crippen molar-refractivity contribution < 1.29 is 13.2 Å². The first-order valence-corrected chi connectivity index (χ1v) is 12.1. The molecule has 5 nitrogen and oxygen atoms in total. The van der Waals surface area contributed by atoms with E-state index in [0.717, 1.165) is 11.1 Å². The topological polar surface area (TPSA) is 66.5 Å². The van der Waals surface area contributed by atoms with Crippen LogP contribution in [-0.2, 0) is 21.4 Å². The van der Waals surface area contributed by atoms with Crippen molar-refractivity contribution in [2.45, 2.75) is 32.2 Å². The molecule has 8 heteroatoms. The van der Waals surface area contributed by atoms with Crippen LogP contribution in [-0.4, -0.2) is 25.2 Å². The van der Waals surface area contributed by atoms with Crippen molar-refractivity contribution in [1.29, 1.82) is 0 Å². The van der Waals surface area contributed by atoms with Gasteiger partial charge in [-0.1, -0.05) is 53.0 Å². The average molecular weight is 491 g/mol. The van der Waals surface area contributed by atoms with Crippen molar-refractivity contribution in [3.05, 3.63) is 93.0 Å². The number of nitrogens with one attached hydrogen (secondary N) is 1. The number of rotatable bonds is 7. The van der Waals surface area contributed by atoms with Crippen LogP contribution in [0.5, 0.6) is 0 Å². The lowest BCUT2D eigenvalue weighted by molar-refractivity contribution is -0.116. The minimum atomic E-state index is -3.96. The number of carbonyl (C=O) groups excluding carboxylic acids is 1. The highest BCUT2D eigenvalue weighted by molar-refractivity contribution is 7.89. The van der Waals surface area contributed by atoms with E-state index in [1.807, 2.05) is 19.1 Å². The van der Waals surface area contributed by atoms with Gasteiger partial charge >= 0.3 is 0 Å². The van der Waals surface area contributed by atoms with Crippen molar-refractivity contribution in [1.82, 2.24) is 4.31 Å². The quantitative estimate of drug-likeness (QED) is 0.458. The van der Waals surface area contributed by atoms with Gasteiger partial charge < -0.3 is 5.32 Å². The molecule has 0 atom stereocenters. The fraction of sp³-hybridized carbons (Fsp3) is 0.208. The van der Waals surface area contributed by atoms with Crippen LogP contribution in [0.1, 0.15) is 22.3 Å². The summed E-state index contributed by atoms with van der Waals surface area (Å²) in [5.41, 5.74) is 3.51. The van der Waals surface area contributed by atoms with Crippen molar-refractivity contribution in [2.24, 2.45) is 0 Å². The maximum Gasteiger partial charge on any atom is 0.244 e. The van der Waals surface area contributed by atoms with Gasteiger partial charge in [0.15, 0.2) is 0 Å². The molecule has 0 radical (unpaired) electrons. The molecule has 0 aromatic heterocycles. The number of nitrogens with zero attached hydrogens (tertiary/aromatic N) is 1. The third-order valence-electron chi connectivity index (χ3n) is 4.92. The molecular formula is C24H24Cl2N2O3S. The average Bonchev–Trinajstić information content (AvgIpc) is 2.70. The summed E-state index contributed by atoms with van der Waals surface area (Å²) in [7, 11) is -3.96. The van der Waals surface area contributed by atoms with Crippen molar-refractivity contribution >= 4 is 44.8 Å². The lowest BCUT2D eigenvalue weighted by Gasteiger charge is -2.24. The van der Waals surface area contributed by atoms with Gasteiger partial charge in [-0.25, -0.2) is 8.42 Å². The van der Waals surface area contributed by atoms with Gasteiger partial charge in [-0.05, 0) is 73.9 Å². The highest BCUT2D eigenvalue weighted by Crippen LogP contribution is 2.27. The van der Waals surface area contributed by atoms with Gasteiger partial charge in [0.05, 0.1) is 11.4 Å². The largest absolute Gasteiger partial charge is 0.325 e. The van der Waals surface area contributed by atoms with Gasteiger partial charge in [-0.2, -0.15) is 4.31 Å². The first-order chi connectivity index (χ1) is 15.1. The summed E-state index contributed by atoms with van der Waals surface area (Å²) in [4.78, 5) is 13.0. The van der Waals surface area contributed by atoms with E-state index in [1.54, 1.807) is 62.4 Å². The Bertz CT molecular complexity index is 1200. The van der Waals surface area contributed by atoms with Gasteiger partial charge in [0.25, 0.3) is 0 Å². The van der Waals surface area contributed by atoms with Crippen LogP contribution in [0.3, 0.4) is 0 Å². The summed E-state index contributed by atoms with van der Waals surface area (Å²) in [5, 5.41) is 3.82. The number of benzene rings is 3. The fourth-order valence-corrected chi connectivity index (χ4v) is 5.66. The second kappa shape index (κ2) is 10.0. The Balaban J connectivity index is 1.95. The SMILES string of the molecule is Cc1cc(C)c(S(=O)(=O)N(CC(=O)Nc2ccc(Cl)cc2)Cc2ccc(Cl)cc2)c(C)c1. The smallest absolute Gasteiger partial charge is 0.244 e. The summed E-state index contributed by atoms with van der Waals surface area (Å²) in [6.45, 7) is 5.13. The van der Waals surface area contributed by atoms with E-state index in [0.29, 0.717) is 26.9 Å². The minimum absolute atomic E-state index is 0.0281. The molecule has 32 heavy (non-hydrogen) atoms. The zero-order valence-corrected chi connectivity index (χ0v) is 20.4. The molecule has 0 unspecified atom stereocenters. The van der Waals surface area contributed by atoms with E-state index < -0.39 is 15.9 Å². The van der Waals surface area contributed by atoms with Gasteiger partial charge in [0.1, 0.15) is 0 Å². The Hall–Kier alpha value is -2.38. The molecule has 168 valence electrons. The van der Waals surface area contributed by atoms with E-state index in [9.17, 15) is 13.2 Å². The summed E-state index contributed by atoms with van der Waals surface area (Å²) in [5.74, 6) is -0.452. The Morgan fingerprint density at radius 3 is 1.91 bits per heavy atom. The van der Waals surface area contributed by atoms with Crippen molar-refractivity contribution in [3.63, 3.8) is 0 Å². The molecule has 0 bridgehead atoms. The molecule has 3 aromatic carbocycles. The first kappa shape index (κ1) is 24.3. The number of hydrogen-bond donors (Lipinski definition) is 1. The predicted molar refractivity (Wildman–Crippen MR) is 130 cm³/mol. The maximum atomic E-state index is 13.7. The monoisotopic (exact) mass is 490 g/mol. The number of anilines is 1. The number of halogens is 2. The Morgan fingerprint density at radius 2 is 1.38 bits per heavy atom. The highest BCUT2D eigenvalue weighted by Gasteiger charge is 2.30. The molecule has 3 aromatic rings. The lowest BCUT2D eigenvalue weighted by Crippen LogP contribution is -2.38. The molecule has 0 aliphatic carbocycles. The molecule has 0 heterocycles. The number of amides is 1. The van der Waals surface area contributed by atoms with Gasteiger partial charge in [-0.3, -0.25) is 4.79 Å². The molecule has 1 N–H and O–H groups in total. The van der Waals surface area contributed by atoms with Crippen LogP contribution >= 0.6 is 23.2 Å². The molecule has 0 aliphatic rings. The van der Waals surface area contributed by atoms with E-state index in [1.165, 1.54) is 4.31 Å². The Morgan fingerprint density at radius 1 is 0.875 bits per heavy atom. The molecule has 3 rings (SSSR count). The molecular weight excluding hydrogens is 467 g/mol. The molecule has 0 aliphatic heterocycles. The Kier molecular flexibility index (Phi) is 7.62. The zero-order chi connectivity index (χ0) is 23.5. The zero-order valence-electron chi connectivity index (χ0n) is 18.0. The lowest BCUT2D eigenvalue weighted by atomic mass is 10.1. The van der Waals surface area contributed by atoms with Gasteiger partial charge in [-0.15, -0.1) is 0 Å². The summed E-state index contributed by atoms with van der Waals surface area (Å²) in [6, 6.07) is 17.2. The molecule has 0 saturated heterocycles. The fourth-order valence-electron chi connectivity index (χ4n) is 3.62. The molecule has 0 spiro atoms. The van der Waals surface area contributed by atoms with Crippen LogP contribution in [0.4, 0.5) is 5.69 Å². The van der Waals surface area contributed by atoms with Crippen LogP contribution in [0.15, 0.2) is 65.6 Å². The number of hydrogen-bond acceptors (Lipinski definition) is 3. The van der Waals surface area contributed by atoms with Gasteiger partial charge in [0, 0.05) is 22.3 Å². The van der Waals surface area contributed by atoms with Crippen LogP contribution in [0.25, 0.3) is 0 Å². The van der Waals surface area contributed by atoms with Crippen molar-refractivity contribution in [2.75, 3.05) is 11.9 Å². The summed E-state index contributed by atoms with van der Waals surface area (Å²) < 4.78 is 28.6. The molecule has 1 amide bonds. The highest BCUT2D eigenvalue weighted by atomic mass is 35.5. The van der Waals surface area contributed by atoms with Crippen LogP contribution < -0.4 is 5.32 Å². The van der Waals surface area contributed by atoms with Crippen molar-refractivity contribution in [3.8, 4) is 0 Å².